The number of benzene rings is 3. The van der Waals surface area contributed by atoms with Gasteiger partial charge in [0.2, 0.25) is 0 Å². The van der Waals surface area contributed by atoms with Gasteiger partial charge in [-0.15, -0.1) is 0 Å². The van der Waals surface area contributed by atoms with E-state index in [0.29, 0.717) is 16.5 Å². The number of nitrogens with zero attached hydrogens (tertiary/aromatic N) is 3. The van der Waals surface area contributed by atoms with Crippen LogP contribution in [0, 0.1) is 23.0 Å². The molecule has 1 N–H and O–H groups in total. The molecule has 0 saturated carbocycles. The predicted molar refractivity (Wildman–Crippen MR) is 129 cm³/mol. The van der Waals surface area contributed by atoms with Crippen LogP contribution in [0.1, 0.15) is 5.56 Å². The van der Waals surface area contributed by atoms with E-state index in [1.807, 2.05) is 6.07 Å². The van der Waals surface area contributed by atoms with Gasteiger partial charge in [0.25, 0.3) is 5.56 Å². The first-order valence-corrected chi connectivity index (χ1v) is 10.5. The summed E-state index contributed by atoms with van der Waals surface area (Å²) < 4.78 is 40.5. The van der Waals surface area contributed by atoms with E-state index in [1.165, 1.54) is 32.5 Å². The first-order chi connectivity index (χ1) is 17.4. The molecule has 0 fully saturated rings. The van der Waals surface area contributed by atoms with Gasteiger partial charge in [0.1, 0.15) is 11.6 Å². The Labute approximate surface area is 201 Å². The van der Waals surface area contributed by atoms with E-state index in [1.54, 1.807) is 24.4 Å². The predicted octanol–water partition coefficient (Wildman–Crippen LogP) is 4.06. The van der Waals surface area contributed by atoms with Gasteiger partial charge in [-0.25, -0.2) is 18.1 Å². The fraction of sp³-hybridized carbons (Fsp3) is 0.0769. The Kier molecular flexibility index (Phi) is 5.45. The van der Waals surface area contributed by atoms with E-state index in [9.17, 15) is 19.2 Å². The van der Waals surface area contributed by atoms with Crippen molar-refractivity contribution in [2.75, 3.05) is 14.2 Å². The van der Waals surface area contributed by atoms with Crippen molar-refractivity contribution in [3.05, 3.63) is 92.9 Å². The van der Waals surface area contributed by atoms with Gasteiger partial charge in [-0.3, -0.25) is 9.78 Å². The van der Waals surface area contributed by atoms with Crippen molar-refractivity contribution in [2.24, 2.45) is 0 Å². The summed E-state index contributed by atoms with van der Waals surface area (Å²) in [5, 5.41) is 10.5. The first kappa shape index (κ1) is 22.7. The molecule has 3 aromatic carbocycles. The summed E-state index contributed by atoms with van der Waals surface area (Å²) >= 11 is 0. The summed E-state index contributed by atoms with van der Waals surface area (Å²) in [5.74, 6) is -1.30. The Balaban J connectivity index is 1.78. The molecule has 2 aromatic heterocycles. The van der Waals surface area contributed by atoms with Gasteiger partial charge in [-0.2, -0.15) is 5.26 Å². The van der Waals surface area contributed by atoms with E-state index >= 15 is 4.39 Å². The second-order valence-electron chi connectivity index (χ2n) is 7.84. The summed E-state index contributed by atoms with van der Waals surface area (Å²) in [6.07, 6.45) is 2.94. The Morgan fingerprint density at radius 3 is 2.47 bits per heavy atom. The number of aromatic amines is 1. The molecule has 0 aliphatic rings. The molecule has 0 bridgehead atoms. The van der Waals surface area contributed by atoms with Crippen molar-refractivity contribution in [3.63, 3.8) is 0 Å². The average Bonchev–Trinajstić information content (AvgIpc) is 2.88. The molecule has 0 unspecified atom stereocenters. The van der Waals surface area contributed by atoms with E-state index in [4.69, 9.17) is 9.47 Å². The van der Waals surface area contributed by atoms with Crippen LogP contribution in [0.15, 0.2) is 64.4 Å². The Morgan fingerprint density at radius 2 is 1.75 bits per heavy atom. The Morgan fingerprint density at radius 1 is 0.944 bits per heavy atom. The smallest absolute Gasteiger partial charge is 0.333 e. The van der Waals surface area contributed by atoms with E-state index < -0.39 is 22.9 Å². The number of aromatic nitrogens is 3. The molecule has 0 spiro atoms. The summed E-state index contributed by atoms with van der Waals surface area (Å²) in [5.41, 5.74) is -1.52. The van der Waals surface area contributed by atoms with Crippen molar-refractivity contribution in [1.82, 2.24) is 14.5 Å². The van der Waals surface area contributed by atoms with Crippen molar-refractivity contribution in [2.45, 2.75) is 0 Å². The van der Waals surface area contributed by atoms with Crippen molar-refractivity contribution in [1.29, 1.82) is 5.26 Å². The van der Waals surface area contributed by atoms with Crippen molar-refractivity contribution in [3.8, 4) is 34.4 Å². The SMILES string of the molecule is COc1ccc2cncc(-n3c(=O)[nH]c4cc(-c5cc(OC)c(F)cc5C#N)c(F)cc4c3=O)c2c1. The quantitative estimate of drug-likeness (QED) is 0.410. The minimum absolute atomic E-state index is 0.0376. The number of nitrogens with one attached hydrogen (secondary N) is 1. The molecule has 0 atom stereocenters. The molecule has 5 aromatic rings. The number of nitriles is 1. The maximum absolute atomic E-state index is 15.3. The van der Waals surface area contributed by atoms with E-state index in [-0.39, 0.29) is 39.0 Å². The zero-order valence-corrected chi connectivity index (χ0v) is 18.9. The van der Waals surface area contributed by atoms with Gasteiger partial charge in [0.15, 0.2) is 11.6 Å². The molecular formula is C26H16F2N4O4. The maximum atomic E-state index is 15.3. The standard InChI is InChI=1S/C26H16F2N4O4/c1-35-15-4-3-13-11-30-12-23(17(13)6-15)32-25(33)19-7-20(27)18(8-22(19)31-26(32)34)16-9-24(36-2)21(28)5-14(16)10-29/h3-9,11-12H,1-2H3,(H,31,34). The number of methoxy groups -OCH3 is 2. The lowest BCUT2D eigenvalue weighted by Gasteiger charge is -2.13. The topological polar surface area (TPSA) is 110 Å². The minimum Gasteiger partial charge on any atom is -0.497 e. The number of fused-ring (bicyclic) bond motifs is 2. The molecule has 0 aliphatic carbocycles. The average molecular weight is 486 g/mol. The zero-order chi connectivity index (χ0) is 25.6. The van der Waals surface area contributed by atoms with Crippen LogP contribution < -0.4 is 20.7 Å². The van der Waals surface area contributed by atoms with Crippen LogP contribution in [0.25, 0.3) is 38.5 Å². The molecule has 0 saturated heterocycles. The highest BCUT2D eigenvalue weighted by Crippen LogP contribution is 2.33. The Hall–Kier alpha value is -5.04. The highest BCUT2D eigenvalue weighted by molar-refractivity contribution is 5.91. The van der Waals surface area contributed by atoms with Crippen LogP contribution in [0.5, 0.6) is 11.5 Å². The summed E-state index contributed by atoms with van der Waals surface area (Å²) in [6.45, 7) is 0. The van der Waals surface area contributed by atoms with Crippen LogP contribution >= 0.6 is 0 Å². The highest BCUT2D eigenvalue weighted by Gasteiger charge is 2.19. The molecule has 8 nitrogen and oxygen atoms in total. The van der Waals surface area contributed by atoms with Crippen LogP contribution in [0.3, 0.4) is 0 Å². The second kappa shape index (κ2) is 8.63. The molecule has 0 aliphatic heterocycles. The van der Waals surface area contributed by atoms with E-state index in [2.05, 4.69) is 9.97 Å². The highest BCUT2D eigenvalue weighted by atomic mass is 19.1. The second-order valence-corrected chi connectivity index (χ2v) is 7.84. The number of hydrogen-bond donors (Lipinski definition) is 1. The van der Waals surface area contributed by atoms with Gasteiger partial charge in [0.05, 0.1) is 48.6 Å². The number of H-pyrrole nitrogens is 1. The third-order valence-electron chi connectivity index (χ3n) is 5.88. The lowest BCUT2D eigenvalue weighted by molar-refractivity contribution is 0.386. The third kappa shape index (κ3) is 3.54. The normalized spacial score (nSPS) is 11.0. The monoisotopic (exact) mass is 486 g/mol. The number of ether oxygens (including phenoxy) is 2. The molecule has 2 heterocycles. The maximum Gasteiger partial charge on any atom is 0.333 e. The van der Waals surface area contributed by atoms with E-state index in [0.717, 1.165) is 16.7 Å². The van der Waals surface area contributed by atoms with Crippen LogP contribution in [0.4, 0.5) is 8.78 Å². The fourth-order valence-corrected chi connectivity index (χ4v) is 4.12. The van der Waals surface area contributed by atoms with Gasteiger partial charge >= 0.3 is 5.69 Å². The molecule has 5 rings (SSSR count). The molecule has 178 valence electrons. The van der Waals surface area contributed by atoms with Crippen LogP contribution in [-0.2, 0) is 0 Å². The van der Waals surface area contributed by atoms with Crippen LogP contribution in [0.2, 0.25) is 0 Å². The zero-order valence-electron chi connectivity index (χ0n) is 18.9. The number of rotatable bonds is 4. The van der Waals surface area contributed by atoms with Gasteiger partial charge in [0, 0.05) is 28.1 Å². The summed E-state index contributed by atoms with van der Waals surface area (Å²) in [6, 6.07) is 11.3. The number of hydrogen-bond acceptors (Lipinski definition) is 6. The van der Waals surface area contributed by atoms with Crippen molar-refractivity contribution < 1.29 is 18.3 Å². The van der Waals surface area contributed by atoms with Gasteiger partial charge in [-0.05, 0) is 42.5 Å². The van der Waals surface area contributed by atoms with Crippen molar-refractivity contribution >= 4 is 21.7 Å². The Bertz CT molecular complexity index is 1850. The minimum atomic E-state index is -0.846. The summed E-state index contributed by atoms with van der Waals surface area (Å²) in [7, 11) is 2.73. The first-order valence-electron chi connectivity index (χ1n) is 10.5. The third-order valence-corrected chi connectivity index (χ3v) is 5.88. The number of halogens is 2. The summed E-state index contributed by atoms with van der Waals surface area (Å²) in [4.78, 5) is 33.2. The van der Waals surface area contributed by atoms with Gasteiger partial charge < -0.3 is 14.5 Å². The van der Waals surface area contributed by atoms with Crippen LogP contribution in [-0.4, -0.2) is 28.8 Å². The number of pyridine rings is 1. The molecule has 10 heteroatoms. The van der Waals surface area contributed by atoms with Gasteiger partial charge in [-0.1, -0.05) is 0 Å². The molecule has 0 radical (unpaired) electrons. The molecule has 0 amide bonds. The lowest BCUT2D eigenvalue weighted by Crippen LogP contribution is -2.34. The lowest BCUT2D eigenvalue weighted by atomic mass is 9.98. The largest absolute Gasteiger partial charge is 0.497 e. The molecule has 36 heavy (non-hydrogen) atoms. The fourth-order valence-electron chi connectivity index (χ4n) is 4.12. The molecular weight excluding hydrogens is 470 g/mol.